The van der Waals surface area contributed by atoms with Gasteiger partial charge in [-0.25, -0.2) is 14.4 Å². The fourth-order valence-electron chi connectivity index (χ4n) is 13.8. The summed E-state index contributed by atoms with van der Waals surface area (Å²) in [5.74, 6) is -4.58. The van der Waals surface area contributed by atoms with E-state index in [1.54, 1.807) is 159 Å². The molecule has 3 heterocycles. The van der Waals surface area contributed by atoms with Crippen molar-refractivity contribution in [1.82, 2.24) is 30.1 Å². The number of nitrogens with one attached hydrogen (secondary N) is 4. The fourth-order valence-corrected chi connectivity index (χ4v) is 14.4. The second-order valence-electron chi connectivity index (χ2n) is 29.2. The average molecular weight is 1770 g/mol. The number of ether oxygens (including phenoxy) is 2. The number of amides is 3. The summed E-state index contributed by atoms with van der Waals surface area (Å²) >= 11 is 24.5. The van der Waals surface area contributed by atoms with Gasteiger partial charge in [-0.1, -0.05) is 219 Å². The molecule has 0 unspecified atom stereocenters. The van der Waals surface area contributed by atoms with Crippen LogP contribution in [0.1, 0.15) is 139 Å². The Kier molecular flexibility index (Phi) is 32.5. The Balaban J connectivity index is 0.000000197. The molecule has 0 aliphatic carbocycles. The summed E-state index contributed by atoms with van der Waals surface area (Å²) in [5.41, 5.74) is 10.1. The monoisotopic (exact) mass is 1770 g/mol. The number of Topliss-reactive ketones (excluding diaryl/α,β-unsaturated/α-hetero) is 3. The molecular weight excluding hydrogens is 1680 g/mol. The predicted molar refractivity (Wildman–Crippen MR) is 497 cm³/mol. The fraction of sp³-hybridized carbons (Fsp3) is 0.168. The van der Waals surface area contributed by atoms with E-state index in [0.29, 0.717) is 82.0 Å². The zero-order valence-corrected chi connectivity index (χ0v) is 70.8. The molecule has 25 heteroatoms. The van der Waals surface area contributed by atoms with Crippen LogP contribution in [-0.4, -0.2) is 104 Å². The molecule has 14 aromatic rings. The first kappa shape index (κ1) is 94.3. The zero-order chi connectivity index (χ0) is 88.4. The van der Waals surface area contributed by atoms with Gasteiger partial charge in [-0.05, 0) is 193 Å². The summed E-state index contributed by atoms with van der Waals surface area (Å²) in [6.07, 6.45) is 4.03. The molecule has 0 aliphatic heterocycles. The number of carbonyl (C=O) groups excluding carboxylic acids is 8. The van der Waals surface area contributed by atoms with Gasteiger partial charge in [0.1, 0.15) is 16.7 Å². The molecule has 0 saturated heterocycles. The van der Waals surface area contributed by atoms with Crippen LogP contribution in [0.5, 0.6) is 0 Å². The number of aromatic nitrogens is 3. The summed E-state index contributed by atoms with van der Waals surface area (Å²) in [6, 6.07) is 74.0. The standard InChI is InChI=1S/C36H30Cl2N2O5.C34H26Cl2N2O5.C29H26N2O5.2CH4/c1-3-45-36(44)29-21-40(20-24-9-15-30(37)31(38)18-24)32-16-10-23(17-28(32)34(29)42)19-33(41)22(2)39-35(43)27-13-11-26(12-14-27)25-7-5-4-6-8-25;1-20(37-33(41)25-11-9-24(10-12-25)23-5-3-2-4-6-23)31(39)17-21-8-14-30-26(15-21)32(40)27(34(42)43)19-38(30)18-22-7-13-28(35)29(36)16-22;1-3-36-29(35)24-17-30-25-14-9-19(15-23(25)27(24)33)16-26(32)18(2)31-28(34)22-12-10-21(11-13-22)20-7-5-4-6-8-20;;/h4-18,21-22H,3,19-20H2,1-2H3,(H,39,43);2-16,19-20H,17-18H2,1H3,(H,37,41)(H,42,43);4-15,17-18H,3,16H2,1-2H3,(H,30,33)(H,31,34);2*1H4/t22-;20-;18-;;/m000../s1. The first-order chi connectivity index (χ1) is 59.6. The molecule has 3 amide bonds. The molecule has 3 aromatic heterocycles. The van der Waals surface area contributed by atoms with Gasteiger partial charge < -0.3 is 44.6 Å². The first-order valence-corrected chi connectivity index (χ1v) is 41.0. The Morgan fingerprint density at radius 2 is 0.675 bits per heavy atom. The molecule has 5 N–H and O–H groups in total. The van der Waals surface area contributed by atoms with Crippen LogP contribution in [-0.2, 0) is 56.2 Å². The number of carboxylic acid groups (broad SMARTS) is 1. The first-order valence-electron chi connectivity index (χ1n) is 39.5. The molecule has 3 atom stereocenters. The topological polar surface area (TPSA) is 305 Å². The number of benzene rings is 11. The van der Waals surface area contributed by atoms with E-state index in [-0.39, 0.29) is 111 Å². The average Bonchev–Trinajstić information content (AvgIpc) is 0.777. The highest BCUT2D eigenvalue weighted by Gasteiger charge is 2.25. The van der Waals surface area contributed by atoms with Gasteiger partial charge in [-0.3, -0.25) is 43.2 Å². The lowest BCUT2D eigenvalue weighted by Gasteiger charge is -2.16. The third-order valence-electron chi connectivity index (χ3n) is 20.5. The van der Waals surface area contributed by atoms with E-state index in [2.05, 4.69) is 20.9 Å². The van der Waals surface area contributed by atoms with Gasteiger partial charge in [-0.15, -0.1) is 0 Å². The van der Waals surface area contributed by atoms with Crippen LogP contribution >= 0.6 is 46.4 Å². The molecule has 0 fully saturated rings. The molecule has 0 radical (unpaired) electrons. The number of esters is 2. The number of rotatable bonds is 27. The highest BCUT2D eigenvalue weighted by atomic mass is 35.5. The molecule has 0 saturated carbocycles. The van der Waals surface area contributed by atoms with Crippen molar-refractivity contribution >= 4 is 132 Å². The molecule has 14 rings (SSSR count). The van der Waals surface area contributed by atoms with Crippen molar-refractivity contribution in [3.8, 4) is 33.4 Å². The van der Waals surface area contributed by atoms with E-state index < -0.39 is 57.9 Å². The van der Waals surface area contributed by atoms with E-state index in [9.17, 15) is 62.6 Å². The lowest BCUT2D eigenvalue weighted by molar-refractivity contribution is -0.120. The highest BCUT2D eigenvalue weighted by Crippen LogP contribution is 2.29. The Labute approximate surface area is 746 Å². The van der Waals surface area contributed by atoms with Gasteiger partial charge in [0.2, 0.25) is 16.3 Å². The third kappa shape index (κ3) is 23.5. The number of H-pyrrole nitrogens is 1. The number of carbonyl (C=O) groups is 9. The van der Waals surface area contributed by atoms with Crippen molar-refractivity contribution in [1.29, 1.82) is 0 Å². The lowest BCUT2D eigenvalue weighted by Crippen LogP contribution is -2.39. The van der Waals surface area contributed by atoms with Gasteiger partial charge in [-0.2, -0.15) is 0 Å². The second kappa shape index (κ2) is 43.4. The van der Waals surface area contributed by atoms with Gasteiger partial charge in [0.25, 0.3) is 17.7 Å². The summed E-state index contributed by atoms with van der Waals surface area (Å²) in [5, 5.41) is 20.2. The number of halogens is 4. The summed E-state index contributed by atoms with van der Waals surface area (Å²) in [6.45, 7) is 8.99. The van der Waals surface area contributed by atoms with Crippen LogP contribution in [0.25, 0.3) is 66.1 Å². The Hall–Kier alpha value is -14.0. The number of hydrogen-bond donors (Lipinski definition) is 5. The van der Waals surface area contributed by atoms with Crippen LogP contribution in [0.4, 0.5) is 0 Å². The van der Waals surface area contributed by atoms with Crippen LogP contribution in [0.15, 0.2) is 288 Å². The van der Waals surface area contributed by atoms with E-state index in [1.807, 2.05) is 133 Å². The molecule has 126 heavy (non-hydrogen) atoms. The number of ketones is 3. The lowest BCUT2D eigenvalue weighted by atomic mass is 10.0. The molecule has 11 aromatic carbocycles. The number of fused-ring (bicyclic) bond motifs is 3. The van der Waals surface area contributed by atoms with Crippen molar-refractivity contribution in [3.05, 3.63) is 385 Å². The smallest absolute Gasteiger partial charge is 0.343 e. The maximum Gasteiger partial charge on any atom is 0.343 e. The Morgan fingerprint density at radius 1 is 0.365 bits per heavy atom. The van der Waals surface area contributed by atoms with Crippen LogP contribution in [0, 0.1) is 0 Å². The zero-order valence-electron chi connectivity index (χ0n) is 67.7. The number of pyridine rings is 3. The minimum atomic E-state index is -1.36. The maximum atomic E-state index is 13.4. The normalized spacial score (nSPS) is 11.5. The summed E-state index contributed by atoms with van der Waals surface area (Å²) in [7, 11) is 0. The van der Waals surface area contributed by atoms with Crippen molar-refractivity contribution in [2.75, 3.05) is 13.2 Å². The van der Waals surface area contributed by atoms with Crippen LogP contribution in [0.2, 0.25) is 20.1 Å². The SMILES string of the molecule is C.C.CCOC(=O)c1c[nH]c2ccc(CC(=O)[C@H](C)NC(=O)c3ccc(-c4ccccc4)cc3)cc2c1=O.CCOC(=O)c1cn(Cc2ccc(Cl)c(Cl)c2)c2ccc(CC(=O)[C@H](C)NC(=O)c3ccc(-c4ccccc4)cc3)cc2c1=O.C[C@H](NC(=O)c1ccc(-c2ccccc2)cc1)C(=O)Cc1ccc2c(c1)c(=O)c(C(=O)O)cn2Cc1ccc(Cl)c(Cl)c1. The minimum absolute atomic E-state index is 0. The molecule has 0 aliphatic rings. The second-order valence-corrected chi connectivity index (χ2v) is 30.8. The molecule has 21 nitrogen and oxygen atoms in total. The molecule has 0 spiro atoms. The Bertz CT molecular complexity index is 6600. The van der Waals surface area contributed by atoms with Crippen LogP contribution in [0.3, 0.4) is 0 Å². The van der Waals surface area contributed by atoms with E-state index in [0.717, 1.165) is 44.5 Å². The van der Waals surface area contributed by atoms with Gasteiger partial charge in [0, 0.05) is 89.3 Å². The number of nitrogens with zero attached hydrogens (tertiary/aromatic N) is 2. The van der Waals surface area contributed by atoms with Crippen molar-refractivity contribution in [2.45, 2.75) is 99.9 Å². The maximum absolute atomic E-state index is 13.4. The minimum Gasteiger partial charge on any atom is -0.477 e. The van der Waals surface area contributed by atoms with Crippen LogP contribution < -0.4 is 32.2 Å². The van der Waals surface area contributed by atoms with Gasteiger partial charge in [0.05, 0.1) is 62.5 Å². The number of carboxylic acids is 1. The van der Waals surface area contributed by atoms with E-state index >= 15 is 0 Å². The van der Waals surface area contributed by atoms with E-state index in [4.69, 9.17) is 55.9 Å². The highest BCUT2D eigenvalue weighted by molar-refractivity contribution is 6.42. The predicted octanol–water partition coefficient (Wildman–Crippen LogP) is 19.4. The molecule has 642 valence electrons. The third-order valence-corrected chi connectivity index (χ3v) is 22.0. The summed E-state index contributed by atoms with van der Waals surface area (Å²) < 4.78 is 13.5. The van der Waals surface area contributed by atoms with Gasteiger partial charge >= 0.3 is 17.9 Å². The summed E-state index contributed by atoms with van der Waals surface area (Å²) in [4.78, 5) is 156. The number of aromatic amines is 1. The quantitative estimate of drug-likeness (QED) is 0.0299. The van der Waals surface area contributed by atoms with Crippen molar-refractivity contribution < 1.29 is 57.7 Å². The molecule has 0 bridgehead atoms. The number of hydrogen-bond acceptors (Lipinski definition) is 14. The largest absolute Gasteiger partial charge is 0.477 e. The van der Waals surface area contributed by atoms with Crippen molar-refractivity contribution in [3.63, 3.8) is 0 Å². The molecular formula is C101H90Cl4N6O15. The number of aromatic carboxylic acids is 1. The van der Waals surface area contributed by atoms with Gasteiger partial charge in [0.15, 0.2) is 17.3 Å². The van der Waals surface area contributed by atoms with Crippen molar-refractivity contribution in [2.24, 2.45) is 0 Å². The Morgan fingerprint density at radius 3 is 1.02 bits per heavy atom. The van der Waals surface area contributed by atoms with E-state index in [1.165, 1.54) is 24.7 Å².